The molecule has 1 atom stereocenters. The summed E-state index contributed by atoms with van der Waals surface area (Å²) >= 11 is 0. The first kappa shape index (κ1) is 16.8. The van der Waals surface area contributed by atoms with Crippen LogP contribution >= 0.6 is 0 Å². The predicted molar refractivity (Wildman–Crippen MR) is 103 cm³/mol. The molecule has 0 spiro atoms. The highest BCUT2D eigenvalue weighted by Gasteiger charge is 2.23. The number of carbonyl (C=O) groups is 1. The van der Waals surface area contributed by atoms with Crippen molar-refractivity contribution in [1.82, 2.24) is 14.8 Å². The molecule has 0 unspecified atom stereocenters. The Morgan fingerprint density at radius 3 is 2.59 bits per heavy atom. The number of rotatable bonds is 4. The topological polar surface area (TPSA) is 81.1 Å². The standard InChI is InChI=1S/C20H19N5O2/c1-13-12-17(14-6-4-3-5-7-14)25-20(21-13)23-19(24-25)22-18(26)15-8-10-16(27-2)11-9-15/h3-12,17H,1-2H3,(H2,21,22,23,24,26)/t17-/m1/s1. The number of carbonyl (C=O) groups excluding carboxylic acids is 1. The van der Waals surface area contributed by atoms with Gasteiger partial charge in [-0.3, -0.25) is 10.1 Å². The van der Waals surface area contributed by atoms with E-state index in [0.717, 1.165) is 11.3 Å². The quantitative estimate of drug-likeness (QED) is 0.744. The van der Waals surface area contributed by atoms with Crippen LogP contribution in [0.15, 0.2) is 66.4 Å². The van der Waals surface area contributed by atoms with E-state index < -0.39 is 0 Å². The van der Waals surface area contributed by atoms with E-state index >= 15 is 0 Å². The SMILES string of the molecule is COc1ccc(C(=O)Nc2nc3n(n2)[C@@H](c2ccccc2)C=C(C)N3)cc1. The van der Waals surface area contributed by atoms with Gasteiger partial charge in [-0.05, 0) is 42.8 Å². The van der Waals surface area contributed by atoms with Gasteiger partial charge in [-0.1, -0.05) is 30.3 Å². The minimum Gasteiger partial charge on any atom is -0.497 e. The number of ether oxygens (including phenoxy) is 1. The Morgan fingerprint density at radius 1 is 1.15 bits per heavy atom. The van der Waals surface area contributed by atoms with Gasteiger partial charge in [0.1, 0.15) is 11.8 Å². The number of hydrogen-bond donors (Lipinski definition) is 2. The summed E-state index contributed by atoms with van der Waals surface area (Å²) in [5, 5.41) is 10.4. The number of allylic oxidation sites excluding steroid dienone is 2. The second kappa shape index (κ2) is 6.95. The summed E-state index contributed by atoms with van der Waals surface area (Å²) in [6.45, 7) is 1.98. The van der Waals surface area contributed by atoms with E-state index in [0.29, 0.717) is 17.3 Å². The molecule has 0 saturated carbocycles. The molecule has 1 aromatic heterocycles. The smallest absolute Gasteiger partial charge is 0.258 e. The van der Waals surface area contributed by atoms with E-state index in [4.69, 9.17) is 4.74 Å². The van der Waals surface area contributed by atoms with Crippen molar-refractivity contribution in [2.24, 2.45) is 0 Å². The summed E-state index contributed by atoms with van der Waals surface area (Å²) in [4.78, 5) is 16.9. The Hall–Kier alpha value is -3.61. The molecule has 0 saturated heterocycles. The lowest BCUT2D eigenvalue weighted by Gasteiger charge is -2.22. The fraction of sp³-hybridized carbons (Fsp3) is 0.150. The van der Waals surface area contributed by atoms with Crippen LogP contribution < -0.4 is 15.4 Å². The number of fused-ring (bicyclic) bond motifs is 1. The summed E-state index contributed by atoms with van der Waals surface area (Å²) in [7, 11) is 1.58. The van der Waals surface area contributed by atoms with Gasteiger partial charge in [0.25, 0.3) is 11.9 Å². The summed E-state index contributed by atoms with van der Waals surface area (Å²) in [6, 6.07) is 16.8. The van der Waals surface area contributed by atoms with E-state index in [1.54, 1.807) is 36.1 Å². The molecular formula is C20H19N5O2. The van der Waals surface area contributed by atoms with Crippen LogP contribution in [0.25, 0.3) is 0 Å². The molecule has 2 aromatic carbocycles. The minimum absolute atomic E-state index is 0.0819. The van der Waals surface area contributed by atoms with Crippen molar-refractivity contribution in [3.8, 4) is 5.75 Å². The monoisotopic (exact) mass is 361 g/mol. The van der Waals surface area contributed by atoms with E-state index in [1.165, 1.54) is 0 Å². The summed E-state index contributed by atoms with van der Waals surface area (Å²) in [5.41, 5.74) is 2.58. The lowest BCUT2D eigenvalue weighted by atomic mass is 10.1. The highest BCUT2D eigenvalue weighted by Crippen LogP contribution is 2.29. The molecule has 1 aliphatic rings. The highest BCUT2D eigenvalue weighted by atomic mass is 16.5. The first-order valence-corrected chi connectivity index (χ1v) is 8.56. The van der Waals surface area contributed by atoms with Crippen molar-refractivity contribution in [2.75, 3.05) is 17.7 Å². The Kier molecular flexibility index (Phi) is 4.33. The summed E-state index contributed by atoms with van der Waals surface area (Å²) < 4.78 is 6.88. The zero-order chi connectivity index (χ0) is 18.8. The first-order valence-electron chi connectivity index (χ1n) is 8.56. The van der Waals surface area contributed by atoms with Gasteiger partial charge < -0.3 is 10.1 Å². The van der Waals surface area contributed by atoms with Gasteiger partial charge in [0.15, 0.2) is 0 Å². The van der Waals surface area contributed by atoms with Gasteiger partial charge >= 0.3 is 0 Å². The average Bonchev–Trinajstić information content (AvgIpc) is 3.10. The molecule has 7 heteroatoms. The van der Waals surface area contributed by atoms with E-state index in [9.17, 15) is 4.79 Å². The van der Waals surface area contributed by atoms with Crippen LogP contribution in [0.5, 0.6) is 5.75 Å². The van der Waals surface area contributed by atoms with Gasteiger partial charge in [0, 0.05) is 11.3 Å². The second-order valence-corrected chi connectivity index (χ2v) is 6.22. The first-order chi connectivity index (χ1) is 13.1. The molecule has 0 radical (unpaired) electrons. The highest BCUT2D eigenvalue weighted by molar-refractivity contribution is 6.03. The number of amides is 1. The van der Waals surface area contributed by atoms with E-state index in [-0.39, 0.29) is 17.9 Å². The average molecular weight is 361 g/mol. The Labute approximate surface area is 156 Å². The number of methoxy groups -OCH3 is 1. The maximum absolute atomic E-state index is 12.5. The lowest BCUT2D eigenvalue weighted by Crippen LogP contribution is -2.19. The largest absolute Gasteiger partial charge is 0.497 e. The molecule has 2 N–H and O–H groups in total. The number of nitrogens with one attached hydrogen (secondary N) is 2. The number of aromatic nitrogens is 3. The van der Waals surface area contributed by atoms with Crippen molar-refractivity contribution < 1.29 is 9.53 Å². The fourth-order valence-corrected chi connectivity index (χ4v) is 2.98. The molecule has 0 aliphatic carbocycles. The van der Waals surface area contributed by atoms with Crippen molar-refractivity contribution in [3.63, 3.8) is 0 Å². The van der Waals surface area contributed by atoms with Crippen LogP contribution in [0.3, 0.4) is 0 Å². The van der Waals surface area contributed by atoms with Gasteiger partial charge in [-0.15, -0.1) is 5.10 Å². The molecule has 1 amide bonds. The third-order valence-electron chi connectivity index (χ3n) is 4.33. The lowest BCUT2D eigenvalue weighted by molar-refractivity contribution is 0.102. The predicted octanol–water partition coefficient (Wildman–Crippen LogP) is 3.46. The fourth-order valence-electron chi connectivity index (χ4n) is 2.98. The number of nitrogens with zero attached hydrogens (tertiary/aromatic N) is 3. The molecule has 27 heavy (non-hydrogen) atoms. The van der Waals surface area contributed by atoms with Crippen molar-refractivity contribution in [2.45, 2.75) is 13.0 Å². The number of anilines is 2. The Bertz CT molecular complexity index is 993. The van der Waals surface area contributed by atoms with Gasteiger partial charge in [0.05, 0.1) is 7.11 Å². The molecule has 2 heterocycles. The van der Waals surface area contributed by atoms with Gasteiger partial charge in [-0.2, -0.15) is 4.98 Å². The van der Waals surface area contributed by atoms with Crippen LogP contribution in [0, 0.1) is 0 Å². The Balaban J connectivity index is 1.59. The van der Waals surface area contributed by atoms with Crippen molar-refractivity contribution in [3.05, 3.63) is 77.5 Å². The maximum Gasteiger partial charge on any atom is 0.258 e. The normalized spacial score (nSPS) is 15.3. The van der Waals surface area contributed by atoms with Crippen LogP contribution in [0.4, 0.5) is 11.9 Å². The van der Waals surface area contributed by atoms with Crippen molar-refractivity contribution in [1.29, 1.82) is 0 Å². The Morgan fingerprint density at radius 2 is 1.89 bits per heavy atom. The van der Waals surface area contributed by atoms with Gasteiger partial charge in [-0.25, -0.2) is 4.68 Å². The van der Waals surface area contributed by atoms with Crippen LogP contribution in [-0.4, -0.2) is 27.8 Å². The molecule has 136 valence electrons. The van der Waals surface area contributed by atoms with Crippen LogP contribution in [0.2, 0.25) is 0 Å². The van der Waals surface area contributed by atoms with Crippen LogP contribution in [0.1, 0.15) is 28.9 Å². The second-order valence-electron chi connectivity index (χ2n) is 6.22. The summed E-state index contributed by atoms with van der Waals surface area (Å²) in [6.07, 6.45) is 2.08. The van der Waals surface area contributed by atoms with E-state index in [1.807, 2.05) is 37.3 Å². The zero-order valence-corrected chi connectivity index (χ0v) is 15.0. The molecule has 1 aliphatic heterocycles. The van der Waals surface area contributed by atoms with Gasteiger partial charge in [0.2, 0.25) is 5.95 Å². The molecule has 0 fully saturated rings. The summed E-state index contributed by atoms with van der Waals surface area (Å²) in [5.74, 6) is 1.26. The molecule has 0 bridgehead atoms. The van der Waals surface area contributed by atoms with E-state index in [2.05, 4.69) is 26.8 Å². The molecular weight excluding hydrogens is 342 g/mol. The number of benzene rings is 2. The third-order valence-corrected chi connectivity index (χ3v) is 4.33. The molecule has 4 rings (SSSR count). The minimum atomic E-state index is -0.276. The maximum atomic E-state index is 12.5. The van der Waals surface area contributed by atoms with Crippen molar-refractivity contribution >= 4 is 17.8 Å². The molecule has 3 aromatic rings. The zero-order valence-electron chi connectivity index (χ0n) is 15.0. The van der Waals surface area contributed by atoms with Crippen LogP contribution in [-0.2, 0) is 0 Å². The third kappa shape index (κ3) is 3.39. The molecule has 7 nitrogen and oxygen atoms in total. The number of hydrogen-bond acceptors (Lipinski definition) is 5.